The Bertz CT molecular complexity index is 361. The van der Waals surface area contributed by atoms with Crippen molar-refractivity contribution in [3.05, 3.63) is 29.3 Å². The lowest BCUT2D eigenvalue weighted by Gasteiger charge is -2.10. The maximum Gasteiger partial charge on any atom is 0.0391 e. The minimum absolute atomic E-state index is 0.836. The summed E-state index contributed by atoms with van der Waals surface area (Å²) in [5, 5.41) is 3.11. The van der Waals surface area contributed by atoms with Gasteiger partial charge in [0.1, 0.15) is 0 Å². The highest BCUT2D eigenvalue weighted by molar-refractivity contribution is 5.78. The van der Waals surface area contributed by atoms with Gasteiger partial charge in [0.15, 0.2) is 0 Å². The van der Waals surface area contributed by atoms with Crippen molar-refractivity contribution in [1.29, 1.82) is 0 Å². The summed E-state index contributed by atoms with van der Waals surface area (Å²) in [6.45, 7) is 6.29. The fourth-order valence-electron chi connectivity index (χ4n) is 1.31. The van der Waals surface area contributed by atoms with E-state index in [0.29, 0.717) is 0 Å². The summed E-state index contributed by atoms with van der Waals surface area (Å²) in [6, 6.07) is 6.00. The van der Waals surface area contributed by atoms with Gasteiger partial charge in [-0.05, 0) is 44.5 Å². The Morgan fingerprint density at radius 3 is 2.36 bits per heavy atom. The first-order valence-electron chi connectivity index (χ1n) is 4.78. The lowest BCUT2D eigenvalue weighted by atomic mass is 10.0. The Morgan fingerprint density at radius 1 is 1.21 bits per heavy atom. The van der Waals surface area contributed by atoms with Gasteiger partial charge in [-0.3, -0.25) is 0 Å². The number of nitrogens with two attached hydrogens (primary N) is 1. The van der Waals surface area contributed by atoms with Crippen molar-refractivity contribution in [1.82, 2.24) is 0 Å². The second-order valence-corrected chi connectivity index (χ2v) is 3.68. The molecule has 0 spiro atoms. The van der Waals surface area contributed by atoms with Crippen molar-refractivity contribution >= 4 is 16.9 Å². The maximum absolute atomic E-state index is 5.92. The van der Waals surface area contributed by atoms with Crippen LogP contribution in [0.2, 0.25) is 0 Å². The molecule has 0 saturated heterocycles. The Kier molecular flexibility index (Phi) is 3.18. The number of rotatable bonds is 2. The number of nitrogens with one attached hydrogen (secondary N) is 1. The summed E-state index contributed by atoms with van der Waals surface area (Å²) in [5.41, 5.74) is 11.5. The fraction of sp³-hybridized carbons (Fsp3) is 0.333. The predicted molar refractivity (Wildman–Crippen MR) is 64.3 cm³/mol. The molecule has 14 heavy (non-hydrogen) atoms. The molecule has 3 N–H and O–H groups in total. The molecular weight excluding hydrogens is 172 g/mol. The molecule has 0 aliphatic carbocycles. The molecule has 2 heteroatoms. The molecule has 1 aromatic carbocycles. The summed E-state index contributed by atoms with van der Waals surface area (Å²) in [4.78, 5) is 0. The van der Waals surface area contributed by atoms with Gasteiger partial charge >= 0.3 is 0 Å². The molecule has 0 atom stereocenters. The number of hydrogen-bond donors (Lipinski definition) is 2. The van der Waals surface area contributed by atoms with Crippen LogP contribution < -0.4 is 11.1 Å². The van der Waals surface area contributed by atoms with E-state index in [9.17, 15) is 0 Å². The molecule has 0 unspecified atom stereocenters. The van der Waals surface area contributed by atoms with Crippen LogP contribution in [0.4, 0.5) is 11.4 Å². The van der Waals surface area contributed by atoms with Crippen LogP contribution >= 0.6 is 0 Å². The molecule has 2 nitrogen and oxygen atoms in total. The highest BCUT2D eigenvalue weighted by Crippen LogP contribution is 2.26. The molecule has 1 rings (SSSR count). The number of hydrogen-bond acceptors (Lipinski definition) is 2. The molecule has 76 valence electrons. The van der Waals surface area contributed by atoms with Crippen LogP contribution in [0.1, 0.15) is 26.3 Å². The predicted octanol–water partition coefficient (Wildman–Crippen LogP) is 3.12. The second kappa shape index (κ2) is 4.18. The van der Waals surface area contributed by atoms with Crippen LogP contribution in [0.25, 0.3) is 5.57 Å². The largest absolute Gasteiger partial charge is 0.398 e. The summed E-state index contributed by atoms with van der Waals surface area (Å²) in [5.74, 6) is 0. The molecule has 0 amide bonds. The van der Waals surface area contributed by atoms with Gasteiger partial charge < -0.3 is 11.1 Å². The Balaban J connectivity index is 3.26. The minimum atomic E-state index is 0.836. The average molecular weight is 190 g/mol. The number of benzene rings is 1. The van der Waals surface area contributed by atoms with Crippen molar-refractivity contribution in [2.75, 3.05) is 18.1 Å². The Labute approximate surface area is 85.8 Å². The SMILES string of the molecule is CNc1ccc(N)c(C(C)=C(C)C)c1. The van der Waals surface area contributed by atoms with Gasteiger partial charge in [0.2, 0.25) is 0 Å². The van der Waals surface area contributed by atoms with E-state index in [4.69, 9.17) is 5.73 Å². The van der Waals surface area contributed by atoms with Crippen LogP contribution in [0, 0.1) is 0 Å². The van der Waals surface area contributed by atoms with Gasteiger partial charge in [-0.25, -0.2) is 0 Å². The van der Waals surface area contributed by atoms with E-state index in [1.807, 2.05) is 19.2 Å². The first-order chi connectivity index (χ1) is 6.56. The first-order valence-corrected chi connectivity index (χ1v) is 4.78. The molecule has 0 heterocycles. The summed E-state index contributed by atoms with van der Waals surface area (Å²) in [7, 11) is 1.91. The van der Waals surface area contributed by atoms with Crippen LogP contribution in [0.5, 0.6) is 0 Å². The molecule has 0 aliphatic heterocycles. The molecule has 1 aromatic rings. The van der Waals surface area contributed by atoms with Gasteiger partial charge in [-0.1, -0.05) is 5.57 Å². The van der Waals surface area contributed by atoms with E-state index in [0.717, 1.165) is 16.9 Å². The quantitative estimate of drug-likeness (QED) is 0.703. The summed E-state index contributed by atoms with van der Waals surface area (Å²) < 4.78 is 0. The molecule has 0 aliphatic rings. The van der Waals surface area contributed by atoms with Crippen LogP contribution in [-0.2, 0) is 0 Å². The van der Waals surface area contributed by atoms with E-state index in [1.54, 1.807) is 0 Å². The first kappa shape index (κ1) is 10.6. The summed E-state index contributed by atoms with van der Waals surface area (Å²) >= 11 is 0. The Morgan fingerprint density at radius 2 is 1.86 bits per heavy atom. The van der Waals surface area contributed by atoms with E-state index in [2.05, 4.69) is 32.2 Å². The van der Waals surface area contributed by atoms with Gasteiger partial charge in [0.05, 0.1) is 0 Å². The highest BCUT2D eigenvalue weighted by Gasteiger charge is 2.03. The average Bonchev–Trinajstić information content (AvgIpc) is 2.17. The van der Waals surface area contributed by atoms with E-state index in [-0.39, 0.29) is 0 Å². The van der Waals surface area contributed by atoms with Crippen LogP contribution in [0.3, 0.4) is 0 Å². The number of allylic oxidation sites excluding steroid dienone is 2. The van der Waals surface area contributed by atoms with Crippen molar-refractivity contribution in [2.45, 2.75) is 20.8 Å². The lowest BCUT2D eigenvalue weighted by Crippen LogP contribution is -1.96. The monoisotopic (exact) mass is 190 g/mol. The third-order valence-electron chi connectivity index (χ3n) is 2.50. The normalized spacial score (nSPS) is 9.71. The zero-order valence-corrected chi connectivity index (χ0v) is 9.31. The highest BCUT2D eigenvalue weighted by atomic mass is 14.8. The van der Waals surface area contributed by atoms with Crippen LogP contribution in [0.15, 0.2) is 23.8 Å². The third kappa shape index (κ3) is 2.08. The van der Waals surface area contributed by atoms with Crippen molar-refractivity contribution in [3.8, 4) is 0 Å². The lowest BCUT2D eigenvalue weighted by molar-refractivity contribution is 1.36. The van der Waals surface area contributed by atoms with Gasteiger partial charge in [-0.15, -0.1) is 0 Å². The fourth-order valence-corrected chi connectivity index (χ4v) is 1.31. The van der Waals surface area contributed by atoms with Gasteiger partial charge in [-0.2, -0.15) is 0 Å². The Hall–Kier alpha value is -1.44. The minimum Gasteiger partial charge on any atom is -0.398 e. The van der Waals surface area contributed by atoms with E-state index < -0.39 is 0 Å². The smallest absolute Gasteiger partial charge is 0.0391 e. The number of anilines is 2. The molecule has 0 fully saturated rings. The standard InChI is InChI=1S/C12H18N2/c1-8(2)9(3)11-7-10(14-4)5-6-12(11)13/h5-7,14H,13H2,1-4H3. The zero-order chi connectivity index (χ0) is 10.7. The molecule has 0 aromatic heterocycles. The second-order valence-electron chi connectivity index (χ2n) is 3.68. The maximum atomic E-state index is 5.92. The van der Waals surface area contributed by atoms with E-state index in [1.165, 1.54) is 11.1 Å². The van der Waals surface area contributed by atoms with E-state index >= 15 is 0 Å². The molecule has 0 saturated carbocycles. The molecule has 0 radical (unpaired) electrons. The van der Waals surface area contributed by atoms with Crippen molar-refractivity contribution < 1.29 is 0 Å². The van der Waals surface area contributed by atoms with Crippen molar-refractivity contribution in [3.63, 3.8) is 0 Å². The summed E-state index contributed by atoms with van der Waals surface area (Å²) in [6.07, 6.45) is 0. The third-order valence-corrected chi connectivity index (χ3v) is 2.50. The zero-order valence-electron chi connectivity index (χ0n) is 9.31. The topological polar surface area (TPSA) is 38.0 Å². The molecular formula is C12H18N2. The molecule has 0 bridgehead atoms. The van der Waals surface area contributed by atoms with Gasteiger partial charge in [0.25, 0.3) is 0 Å². The number of nitrogen functional groups attached to an aromatic ring is 1. The van der Waals surface area contributed by atoms with Gasteiger partial charge in [0, 0.05) is 24.0 Å². The van der Waals surface area contributed by atoms with Crippen LogP contribution in [-0.4, -0.2) is 7.05 Å². The van der Waals surface area contributed by atoms with Crippen molar-refractivity contribution in [2.24, 2.45) is 0 Å².